The number of hydrogen-bond acceptors (Lipinski definition) is 9. The molecule has 0 heterocycles. The van der Waals surface area contributed by atoms with Crippen LogP contribution in [-0.2, 0) is 17.6 Å². The predicted molar refractivity (Wildman–Crippen MR) is 179 cm³/mol. The fraction of sp³-hybridized carbons (Fsp3) is 0.108. The fourth-order valence-electron chi connectivity index (χ4n) is 6.32. The van der Waals surface area contributed by atoms with E-state index in [9.17, 15) is 40.7 Å². The third-order valence-electron chi connectivity index (χ3n) is 8.68. The van der Waals surface area contributed by atoms with E-state index in [-0.39, 0.29) is 24.0 Å². The summed E-state index contributed by atoms with van der Waals surface area (Å²) in [4.78, 5) is 37.1. The number of carbonyl (C=O) groups is 1. The van der Waals surface area contributed by atoms with Crippen molar-refractivity contribution in [3.63, 3.8) is 0 Å². The molecule has 240 valence electrons. The van der Waals surface area contributed by atoms with Crippen molar-refractivity contribution in [1.82, 2.24) is 0 Å². The largest absolute Gasteiger partial charge is 0.504 e. The molecule has 0 saturated carbocycles. The van der Waals surface area contributed by atoms with E-state index in [1.54, 1.807) is 0 Å². The van der Waals surface area contributed by atoms with Crippen molar-refractivity contribution in [2.45, 2.75) is 24.7 Å². The highest BCUT2D eigenvalue weighted by Crippen LogP contribution is 2.44. The Bertz CT molecular complexity index is 2080. The monoisotopic (exact) mass is 644 g/mol. The van der Waals surface area contributed by atoms with Crippen LogP contribution in [-0.4, -0.2) is 36.1 Å². The molecule has 0 saturated heterocycles. The summed E-state index contributed by atoms with van der Waals surface area (Å²) in [6, 6.07) is 30.2. The molecule has 11 heteroatoms. The lowest BCUT2D eigenvalue weighted by atomic mass is 9.77. The Morgan fingerprint density at radius 1 is 0.562 bits per heavy atom. The minimum Gasteiger partial charge on any atom is -0.504 e. The van der Waals surface area contributed by atoms with Gasteiger partial charge in [-0.25, -0.2) is 0 Å². The number of phenolic OH excluding ortho intramolecular Hbond substituents is 4. The summed E-state index contributed by atoms with van der Waals surface area (Å²) in [6.45, 7) is 0. The molecule has 0 aliphatic rings. The van der Waals surface area contributed by atoms with Crippen molar-refractivity contribution >= 4 is 38.7 Å². The van der Waals surface area contributed by atoms with Gasteiger partial charge in [0.2, 0.25) is 11.5 Å². The van der Waals surface area contributed by atoms with Crippen molar-refractivity contribution < 1.29 is 35.1 Å². The zero-order valence-corrected chi connectivity index (χ0v) is 25.2. The van der Waals surface area contributed by atoms with Crippen LogP contribution in [0.3, 0.4) is 0 Å². The fourth-order valence-corrected chi connectivity index (χ4v) is 6.32. The van der Waals surface area contributed by atoms with Gasteiger partial charge in [0.1, 0.15) is 5.78 Å². The first-order chi connectivity index (χ1) is 23.0. The maximum absolute atomic E-state index is 15.1. The second kappa shape index (κ2) is 12.7. The van der Waals surface area contributed by atoms with Gasteiger partial charge in [0.05, 0.1) is 9.85 Å². The zero-order valence-electron chi connectivity index (χ0n) is 25.2. The molecule has 6 aromatic carbocycles. The molecule has 4 N–H and O–H groups in total. The lowest BCUT2D eigenvalue weighted by Gasteiger charge is -2.25. The average Bonchev–Trinajstić information content (AvgIpc) is 3.08. The number of carbonyl (C=O) groups excluding carboxylic acids is 1. The molecule has 0 bridgehead atoms. The normalized spacial score (nSPS) is 12.5. The Morgan fingerprint density at radius 3 is 1.33 bits per heavy atom. The maximum Gasteiger partial charge on any atom is 0.314 e. The Labute approximate surface area is 272 Å². The Balaban J connectivity index is 1.58. The molecule has 11 nitrogen and oxygen atoms in total. The average molecular weight is 645 g/mol. The zero-order chi connectivity index (χ0) is 34.1. The van der Waals surface area contributed by atoms with Gasteiger partial charge >= 0.3 is 11.4 Å². The third-order valence-corrected chi connectivity index (χ3v) is 8.68. The smallest absolute Gasteiger partial charge is 0.314 e. The standard InChI is InChI=1S/C37H28N2O9/c40-33-19-25(17-31(36(33)43)38(45)46)29(15-23-11-5-9-21-7-1-3-13-27(21)23)35(42)30(26-18-32(39(47)48)37(44)34(41)20-26)16-24-12-6-10-22-8-2-4-14-28(22)24/h1-14,17-20,29-30,40-41,43-44H,15-16H2. The summed E-state index contributed by atoms with van der Waals surface area (Å²) in [6.07, 6.45) is -0.000491. The second-order valence-corrected chi connectivity index (χ2v) is 11.5. The van der Waals surface area contributed by atoms with Crippen LogP contribution < -0.4 is 0 Å². The van der Waals surface area contributed by atoms with Gasteiger partial charge in [-0.15, -0.1) is 0 Å². The first-order valence-electron chi connectivity index (χ1n) is 14.9. The van der Waals surface area contributed by atoms with E-state index in [1.165, 1.54) is 0 Å². The van der Waals surface area contributed by atoms with Gasteiger partial charge in [0, 0.05) is 24.0 Å². The molecule has 0 fully saturated rings. The van der Waals surface area contributed by atoms with Crippen LogP contribution in [0.15, 0.2) is 109 Å². The number of benzene rings is 6. The van der Waals surface area contributed by atoms with E-state index in [1.807, 2.05) is 84.9 Å². The van der Waals surface area contributed by atoms with Crippen LogP contribution in [0, 0.1) is 20.2 Å². The van der Waals surface area contributed by atoms with Gasteiger partial charge < -0.3 is 20.4 Å². The van der Waals surface area contributed by atoms with Crippen LogP contribution >= 0.6 is 0 Å². The first kappa shape index (κ1) is 31.5. The quantitative estimate of drug-likeness (QED) is 0.0664. The van der Waals surface area contributed by atoms with Crippen molar-refractivity contribution in [2.75, 3.05) is 0 Å². The summed E-state index contributed by atoms with van der Waals surface area (Å²) in [5, 5.41) is 68.8. The number of fused-ring (bicyclic) bond motifs is 2. The van der Waals surface area contributed by atoms with E-state index < -0.39 is 61.8 Å². The molecular weight excluding hydrogens is 616 g/mol. The molecule has 0 radical (unpaired) electrons. The van der Waals surface area contributed by atoms with Crippen LogP contribution in [0.4, 0.5) is 11.4 Å². The number of Topliss-reactive ketones (excluding diaryl/α,β-unsaturated/α-hetero) is 1. The Morgan fingerprint density at radius 2 is 0.938 bits per heavy atom. The van der Waals surface area contributed by atoms with E-state index in [2.05, 4.69) is 0 Å². The van der Waals surface area contributed by atoms with Gasteiger partial charge in [-0.2, -0.15) is 0 Å². The van der Waals surface area contributed by atoms with Crippen molar-refractivity contribution in [2.24, 2.45) is 0 Å². The molecule has 6 aromatic rings. The Hall–Kier alpha value is -6.49. The van der Waals surface area contributed by atoms with Gasteiger partial charge in [-0.3, -0.25) is 25.0 Å². The highest BCUT2D eigenvalue weighted by Gasteiger charge is 2.35. The number of aromatic hydroxyl groups is 4. The number of ketones is 1. The van der Waals surface area contributed by atoms with Crippen molar-refractivity contribution in [1.29, 1.82) is 0 Å². The lowest BCUT2D eigenvalue weighted by molar-refractivity contribution is -0.386. The highest BCUT2D eigenvalue weighted by molar-refractivity contribution is 5.95. The molecule has 0 amide bonds. The van der Waals surface area contributed by atoms with E-state index in [4.69, 9.17) is 0 Å². The summed E-state index contributed by atoms with van der Waals surface area (Å²) in [7, 11) is 0. The number of nitro groups is 2. The molecule has 2 unspecified atom stereocenters. The van der Waals surface area contributed by atoms with Gasteiger partial charge in [0.25, 0.3) is 0 Å². The van der Waals surface area contributed by atoms with E-state index in [0.29, 0.717) is 11.1 Å². The van der Waals surface area contributed by atoms with Crippen LogP contribution in [0.2, 0.25) is 0 Å². The van der Waals surface area contributed by atoms with Gasteiger partial charge in [0.15, 0.2) is 11.5 Å². The minimum atomic E-state index is -1.18. The number of phenols is 4. The summed E-state index contributed by atoms with van der Waals surface area (Å²) >= 11 is 0. The van der Waals surface area contributed by atoms with Crippen LogP contribution in [0.1, 0.15) is 34.1 Å². The highest BCUT2D eigenvalue weighted by atomic mass is 16.6. The maximum atomic E-state index is 15.1. The van der Waals surface area contributed by atoms with Crippen LogP contribution in [0.5, 0.6) is 23.0 Å². The molecule has 0 aromatic heterocycles. The van der Waals surface area contributed by atoms with E-state index in [0.717, 1.165) is 45.8 Å². The van der Waals surface area contributed by atoms with Crippen molar-refractivity contribution in [3.8, 4) is 23.0 Å². The van der Waals surface area contributed by atoms with Crippen LogP contribution in [0.25, 0.3) is 21.5 Å². The lowest BCUT2D eigenvalue weighted by Crippen LogP contribution is -2.25. The summed E-state index contributed by atoms with van der Waals surface area (Å²) in [5.74, 6) is -6.39. The van der Waals surface area contributed by atoms with Gasteiger partial charge in [-0.1, -0.05) is 84.9 Å². The first-order valence-corrected chi connectivity index (χ1v) is 14.9. The number of rotatable bonds is 10. The second-order valence-electron chi connectivity index (χ2n) is 11.5. The molecule has 0 aliphatic heterocycles. The topological polar surface area (TPSA) is 184 Å². The molecular formula is C37H28N2O9. The molecule has 6 rings (SSSR count). The summed E-state index contributed by atoms with van der Waals surface area (Å²) in [5.41, 5.74) is -0.102. The number of nitro benzene ring substituents is 2. The van der Waals surface area contributed by atoms with Gasteiger partial charge in [-0.05, 0) is 68.8 Å². The summed E-state index contributed by atoms with van der Waals surface area (Å²) < 4.78 is 0. The Kier molecular flexibility index (Phi) is 8.34. The molecule has 0 spiro atoms. The molecule has 2 atom stereocenters. The minimum absolute atomic E-state index is 0.000245. The molecule has 48 heavy (non-hydrogen) atoms. The number of hydrogen-bond donors (Lipinski definition) is 4. The number of nitrogens with zero attached hydrogens (tertiary/aromatic N) is 2. The third kappa shape index (κ3) is 5.92. The van der Waals surface area contributed by atoms with E-state index >= 15 is 4.79 Å². The predicted octanol–water partition coefficient (Wildman–Crippen LogP) is 7.55. The van der Waals surface area contributed by atoms with Crippen molar-refractivity contribution in [3.05, 3.63) is 152 Å². The SMILES string of the molecule is O=C(C(Cc1cccc2ccccc12)c1cc(O)c(O)c([N+](=O)[O-])c1)C(Cc1cccc2ccccc12)c1cc(O)c(O)c([N+](=O)[O-])c1. The molecule has 0 aliphatic carbocycles.